The highest BCUT2D eigenvalue weighted by Crippen LogP contribution is 2.26. The molecule has 2 rings (SSSR count). The molecule has 3 N–H and O–H groups in total. The van der Waals surface area contributed by atoms with E-state index in [0.29, 0.717) is 0 Å². The Bertz CT molecular complexity index is 493. The average Bonchev–Trinajstić information content (AvgIpc) is 2.87. The van der Waals surface area contributed by atoms with Gasteiger partial charge in [-0.1, -0.05) is 19.1 Å². The molecule has 0 aliphatic rings. The van der Waals surface area contributed by atoms with Crippen molar-refractivity contribution in [1.82, 2.24) is 5.43 Å². The van der Waals surface area contributed by atoms with E-state index < -0.39 is 0 Å². The number of benzene rings is 1. The van der Waals surface area contributed by atoms with Crippen molar-refractivity contribution in [2.45, 2.75) is 25.8 Å². The number of hydrogen-bond acceptors (Lipinski definition) is 3. The molecule has 4 heteroatoms. The van der Waals surface area contributed by atoms with Crippen LogP contribution in [0.15, 0.2) is 36.4 Å². The molecule has 1 unspecified atom stereocenters. The van der Waals surface area contributed by atoms with E-state index >= 15 is 0 Å². The van der Waals surface area contributed by atoms with Gasteiger partial charge in [-0.3, -0.25) is 11.3 Å². The van der Waals surface area contributed by atoms with Gasteiger partial charge in [0.25, 0.3) is 0 Å². The van der Waals surface area contributed by atoms with Crippen LogP contribution in [0.2, 0.25) is 0 Å². The maximum atomic E-state index is 12.8. The summed E-state index contributed by atoms with van der Waals surface area (Å²) in [6, 6.07) is 10.9. The van der Waals surface area contributed by atoms with Crippen LogP contribution in [0.1, 0.15) is 28.3 Å². The maximum Gasteiger partial charge on any atom is 0.123 e. The third-order valence-corrected chi connectivity index (χ3v) is 4.27. The van der Waals surface area contributed by atoms with Crippen LogP contribution in [0.4, 0.5) is 4.39 Å². The van der Waals surface area contributed by atoms with Crippen LogP contribution in [-0.4, -0.2) is 0 Å². The first-order valence-corrected chi connectivity index (χ1v) is 6.83. The van der Waals surface area contributed by atoms with Gasteiger partial charge < -0.3 is 0 Å². The lowest BCUT2D eigenvalue weighted by molar-refractivity contribution is 0.559. The van der Waals surface area contributed by atoms with Crippen LogP contribution in [0.3, 0.4) is 0 Å². The quantitative estimate of drug-likeness (QED) is 0.643. The summed E-state index contributed by atoms with van der Waals surface area (Å²) in [7, 11) is 0. The first-order chi connectivity index (χ1) is 8.72. The minimum absolute atomic E-state index is 0.0840. The molecule has 1 aromatic heterocycles. The summed E-state index contributed by atoms with van der Waals surface area (Å²) in [5, 5.41) is 0. The van der Waals surface area contributed by atoms with Crippen molar-refractivity contribution in [3.8, 4) is 0 Å². The maximum absolute atomic E-state index is 12.8. The topological polar surface area (TPSA) is 38.0 Å². The van der Waals surface area contributed by atoms with Crippen molar-refractivity contribution < 1.29 is 4.39 Å². The van der Waals surface area contributed by atoms with Crippen LogP contribution in [0.25, 0.3) is 0 Å². The van der Waals surface area contributed by atoms with E-state index in [4.69, 9.17) is 5.84 Å². The molecule has 0 amide bonds. The molecule has 96 valence electrons. The standard InChI is InChI=1S/C14H17FN2S/c1-2-12-7-8-14(18-12)13(17-16)9-10-3-5-11(15)6-4-10/h3-8,13,17H,2,9,16H2,1H3. The van der Waals surface area contributed by atoms with E-state index in [1.807, 2.05) is 0 Å². The second kappa shape index (κ2) is 6.09. The highest BCUT2D eigenvalue weighted by molar-refractivity contribution is 7.12. The van der Waals surface area contributed by atoms with Crippen LogP contribution >= 0.6 is 11.3 Å². The largest absolute Gasteiger partial charge is 0.271 e. The van der Waals surface area contributed by atoms with E-state index in [0.717, 1.165) is 18.4 Å². The van der Waals surface area contributed by atoms with Crippen molar-refractivity contribution in [3.05, 3.63) is 57.5 Å². The molecule has 0 fully saturated rings. The third-order valence-electron chi connectivity index (χ3n) is 2.93. The van der Waals surface area contributed by atoms with Gasteiger partial charge in [0.1, 0.15) is 5.82 Å². The molecule has 0 aliphatic heterocycles. The van der Waals surface area contributed by atoms with Crippen LogP contribution in [0, 0.1) is 5.82 Å². The number of thiophene rings is 1. The lowest BCUT2D eigenvalue weighted by Crippen LogP contribution is -2.28. The van der Waals surface area contributed by atoms with Gasteiger partial charge in [0.2, 0.25) is 0 Å². The van der Waals surface area contributed by atoms with Gasteiger partial charge >= 0.3 is 0 Å². The van der Waals surface area contributed by atoms with Crippen molar-refractivity contribution in [3.63, 3.8) is 0 Å². The molecule has 1 heterocycles. The summed E-state index contributed by atoms with van der Waals surface area (Å²) >= 11 is 1.77. The molecule has 2 nitrogen and oxygen atoms in total. The molecule has 0 bridgehead atoms. The van der Waals surface area contributed by atoms with Crippen molar-refractivity contribution >= 4 is 11.3 Å². The van der Waals surface area contributed by atoms with Crippen LogP contribution in [-0.2, 0) is 12.8 Å². The fourth-order valence-corrected chi connectivity index (χ4v) is 2.88. The lowest BCUT2D eigenvalue weighted by atomic mass is 10.1. The number of hydrogen-bond donors (Lipinski definition) is 2. The summed E-state index contributed by atoms with van der Waals surface area (Å²) in [4.78, 5) is 2.57. The smallest absolute Gasteiger partial charge is 0.123 e. The molecule has 0 saturated heterocycles. The van der Waals surface area contributed by atoms with Gasteiger partial charge in [-0.25, -0.2) is 4.39 Å². The number of nitrogens with two attached hydrogens (primary N) is 1. The van der Waals surface area contributed by atoms with Crippen molar-refractivity contribution in [1.29, 1.82) is 0 Å². The minimum atomic E-state index is -0.208. The molecule has 0 saturated carbocycles. The average molecular weight is 264 g/mol. The fraction of sp³-hybridized carbons (Fsp3) is 0.286. The minimum Gasteiger partial charge on any atom is -0.271 e. The number of halogens is 1. The summed E-state index contributed by atoms with van der Waals surface area (Å²) in [6.45, 7) is 2.14. The molecular formula is C14H17FN2S. The van der Waals surface area contributed by atoms with Crippen molar-refractivity contribution in [2.75, 3.05) is 0 Å². The highest BCUT2D eigenvalue weighted by Gasteiger charge is 2.12. The van der Waals surface area contributed by atoms with Gasteiger partial charge in [-0.05, 0) is 42.7 Å². The number of rotatable bonds is 5. The first-order valence-electron chi connectivity index (χ1n) is 6.02. The fourth-order valence-electron chi connectivity index (χ4n) is 1.87. The van der Waals surface area contributed by atoms with E-state index in [1.54, 1.807) is 23.5 Å². The van der Waals surface area contributed by atoms with Gasteiger partial charge in [0.15, 0.2) is 0 Å². The van der Waals surface area contributed by atoms with Gasteiger partial charge in [0.05, 0.1) is 6.04 Å². The Labute approximate surface area is 111 Å². The summed E-state index contributed by atoms with van der Waals surface area (Å²) in [5.41, 5.74) is 3.91. The van der Waals surface area contributed by atoms with Gasteiger partial charge in [-0.2, -0.15) is 0 Å². The summed E-state index contributed by atoms with van der Waals surface area (Å²) < 4.78 is 12.8. The zero-order valence-electron chi connectivity index (χ0n) is 10.3. The SMILES string of the molecule is CCc1ccc(C(Cc2ccc(F)cc2)NN)s1. The molecule has 0 aliphatic carbocycles. The van der Waals surface area contributed by atoms with E-state index in [1.165, 1.54) is 21.9 Å². The monoisotopic (exact) mass is 264 g/mol. The predicted octanol–water partition coefficient (Wildman–Crippen LogP) is 3.20. The Morgan fingerprint density at radius 1 is 1.22 bits per heavy atom. The summed E-state index contributed by atoms with van der Waals surface area (Å²) in [6.07, 6.45) is 1.80. The Morgan fingerprint density at radius 2 is 1.94 bits per heavy atom. The Balaban J connectivity index is 2.11. The molecule has 1 aromatic carbocycles. The molecule has 2 aromatic rings. The number of hydrazine groups is 1. The normalized spacial score (nSPS) is 12.6. The Kier molecular flexibility index (Phi) is 4.47. The highest BCUT2D eigenvalue weighted by atomic mass is 32.1. The van der Waals surface area contributed by atoms with E-state index in [-0.39, 0.29) is 11.9 Å². The first kappa shape index (κ1) is 13.2. The Morgan fingerprint density at radius 3 is 2.50 bits per heavy atom. The van der Waals surface area contributed by atoms with E-state index in [2.05, 4.69) is 24.5 Å². The molecule has 0 radical (unpaired) electrons. The second-order valence-electron chi connectivity index (χ2n) is 4.21. The Hall–Kier alpha value is -1.23. The van der Waals surface area contributed by atoms with Crippen LogP contribution < -0.4 is 11.3 Å². The van der Waals surface area contributed by atoms with Crippen molar-refractivity contribution in [2.24, 2.45) is 5.84 Å². The zero-order valence-corrected chi connectivity index (χ0v) is 11.1. The van der Waals surface area contributed by atoms with E-state index in [9.17, 15) is 4.39 Å². The van der Waals surface area contributed by atoms with Gasteiger partial charge in [0, 0.05) is 9.75 Å². The number of nitrogens with one attached hydrogen (secondary N) is 1. The predicted molar refractivity (Wildman–Crippen MR) is 73.9 cm³/mol. The third kappa shape index (κ3) is 3.16. The second-order valence-corrected chi connectivity index (χ2v) is 5.41. The van der Waals surface area contributed by atoms with Gasteiger partial charge in [-0.15, -0.1) is 11.3 Å². The number of aryl methyl sites for hydroxylation is 1. The lowest BCUT2D eigenvalue weighted by Gasteiger charge is -2.14. The molecule has 18 heavy (non-hydrogen) atoms. The summed E-state index contributed by atoms with van der Waals surface area (Å²) in [5.74, 6) is 5.41. The molecule has 1 atom stereocenters. The molecular weight excluding hydrogens is 247 g/mol. The zero-order chi connectivity index (χ0) is 13.0. The van der Waals surface area contributed by atoms with Crippen LogP contribution in [0.5, 0.6) is 0 Å². The molecule has 0 spiro atoms.